The number of ether oxygens (including phenoxy) is 1. The number of para-hydroxylation sites is 1. The first kappa shape index (κ1) is 19.5. The fourth-order valence-corrected chi connectivity index (χ4v) is 5.05. The number of alkyl halides is 3. The summed E-state index contributed by atoms with van der Waals surface area (Å²) in [4.78, 5) is 8.52. The molecule has 0 radical (unpaired) electrons. The number of likely N-dealkylation sites (N-methyl/N-ethyl adjacent to an activating group) is 1. The van der Waals surface area contributed by atoms with Crippen molar-refractivity contribution in [2.45, 2.75) is 31.2 Å². The van der Waals surface area contributed by atoms with Crippen LogP contribution in [0, 0.1) is 11.8 Å². The van der Waals surface area contributed by atoms with E-state index in [1.165, 1.54) is 12.3 Å². The first-order valence-electron chi connectivity index (χ1n) is 9.68. The molecule has 0 unspecified atom stereocenters. The largest absolute Gasteiger partial charge is 0.418 e. The molecule has 1 aliphatic heterocycles. The Morgan fingerprint density at radius 3 is 2.46 bits per heavy atom. The van der Waals surface area contributed by atoms with Crippen molar-refractivity contribution in [1.29, 1.82) is 0 Å². The molecule has 1 aromatic carbocycles. The number of benzene rings is 1. The molecule has 7 heteroatoms. The summed E-state index contributed by atoms with van der Waals surface area (Å²) in [6.07, 6.45) is -0.687. The molecule has 28 heavy (non-hydrogen) atoms. The van der Waals surface area contributed by atoms with Crippen molar-refractivity contribution in [3.05, 3.63) is 36.0 Å². The summed E-state index contributed by atoms with van der Waals surface area (Å²) < 4.78 is 45.9. The van der Waals surface area contributed by atoms with Crippen molar-refractivity contribution in [2.24, 2.45) is 11.8 Å². The van der Waals surface area contributed by atoms with Crippen LogP contribution >= 0.6 is 0 Å². The SMILES string of the molecule is CO[C@@H]1C[C@H]2CN(c3ccnc4c(C(F)(F)F)cccc34)C[C@H]2C[C@H]1N(C)C. The number of pyridine rings is 1. The van der Waals surface area contributed by atoms with Gasteiger partial charge < -0.3 is 14.5 Å². The highest BCUT2D eigenvalue weighted by Crippen LogP contribution is 2.42. The molecule has 1 aromatic heterocycles. The van der Waals surface area contributed by atoms with E-state index in [1.807, 2.05) is 6.07 Å². The molecule has 2 aromatic rings. The van der Waals surface area contributed by atoms with E-state index >= 15 is 0 Å². The Morgan fingerprint density at radius 2 is 1.82 bits per heavy atom. The minimum atomic E-state index is -4.41. The number of methoxy groups -OCH3 is 1. The van der Waals surface area contributed by atoms with E-state index in [2.05, 4.69) is 28.9 Å². The maximum atomic E-state index is 13.4. The Balaban J connectivity index is 1.66. The summed E-state index contributed by atoms with van der Waals surface area (Å²) in [7, 11) is 5.93. The van der Waals surface area contributed by atoms with Crippen molar-refractivity contribution in [1.82, 2.24) is 9.88 Å². The maximum absolute atomic E-state index is 13.4. The number of anilines is 1. The zero-order valence-electron chi connectivity index (χ0n) is 16.4. The summed E-state index contributed by atoms with van der Waals surface area (Å²) in [5.74, 6) is 1.02. The van der Waals surface area contributed by atoms with Gasteiger partial charge >= 0.3 is 6.18 Å². The molecule has 2 heterocycles. The fraction of sp³-hybridized carbons (Fsp3) is 0.571. The molecule has 0 bridgehead atoms. The number of hydrogen-bond donors (Lipinski definition) is 0. The van der Waals surface area contributed by atoms with Gasteiger partial charge in [-0.3, -0.25) is 4.98 Å². The zero-order valence-corrected chi connectivity index (χ0v) is 16.4. The summed E-state index contributed by atoms with van der Waals surface area (Å²) in [6.45, 7) is 1.71. The minimum absolute atomic E-state index is 0.0308. The number of nitrogens with zero attached hydrogens (tertiary/aromatic N) is 3. The predicted octanol–water partition coefficient (Wildman–Crippen LogP) is 4.05. The zero-order chi connectivity index (χ0) is 20.1. The molecule has 0 spiro atoms. The van der Waals surface area contributed by atoms with E-state index in [4.69, 9.17) is 4.74 Å². The molecule has 2 fully saturated rings. The topological polar surface area (TPSA) is 28.6 Å². The van der Waals surface area contributed by atoms with E-state index in [1.54, 1.807) is 13.2 Å². The summed E-state index contributed by atoms with van der Waals surface area (Å²) in [5, 5.41) is 0.573. The van der Waals surface area contributed by atoms with Gasteiger partial charge in [-0.25, -0.2) is 0 Å². The molecule has 1 saturated heterocycles. The number of fused-ring (bicyclic) bond motifs is 2. The second-order valence-electron chi connectivity index (χ2n) is 8.23. The molecule has 4 rings (SSSR count). The van der Waals surface area contributed by atoms with Crippen molar-refractivity contribution >= 4 is 16.6 Å². The van der Waals surface area contributed by atoms with Gasteiger partial charge in [0.2, 0.25) is 0 Å². The third kappa shape index (κ3) is 3.35. The van der Waals surface area contributed by atoms with Gasteiger partial charge in [0, 0.05) is 43.5 Å². The molecule has 1 saturated carbocycles. The Labute approximate surface area is 163 Å². The molecule has 152 valence electrons. The second kappa shape index (κ2) is 7.19. The standard InChI is InChI=1S/C21H26F3N3O/c1-26(2)18-9-13-11-27(12-14(13)10-19(18)28-3)17-7-8-25-20-15(17)5-4-6-16(20)21(22,23)24/h4-8,13-14,18-19H,9-12H2,1-3H3/t13-,14+,18-,19-/m1/s1. The van der Waals surface area contributed by atoms with Crippen LogP contribution in [0.3, 0.4) is 0 Å². The van der Waals surface area contributed by atoms with Crippen LogP contribution in [0.2, 0.25) is 0 Å². The van der Waals surface area contributed by atoms with Crippen LogP contribution in [0.5, 0.6) is 0 Å². The normalized spacial score (nSPS) is 28.2. The average Bonchev–Trinajstić information content (AvgIpc) is 3.07. The number of rotatable bonds is 3. The van der Waals surface area contributed by atoms with Crippen LogP contribution in [0.1, 0.15) is 18.4 Å². The van der Waals surface area contributed by atoms with E-state index in [9.17, 15) is 13.2 Å². The molecule has 2 aliphatic rings. The molecular formula is C21H26F3N3O. The Bertz CT molecular complexity index is 854. The fourth-order valence-electron chi connectivity index (χ4n) is 5.05. The molecule has 0 N–H and O–H groups in total. The van der Waals surface area contributed by atoms with Crippen molar-refractivity contribution in [2.75, 3.05) is 39.2 Å². The van der Waals surface area contributed by atoms with Gasteiger partial charge in [0.1, 0.15) is 0 Å². The monoisotopic (exact) mass is 393 g/mol. The van der Waals surface area contributed by atoms with Crippen LogP contribution in [-0.2, 0) is 10.9 Å². The Hall–Kier alpha value is -1.86. The number of hydrogen-bond acceptors (Lipinski definition) is 4. The lowest BCUT2D eigenvalue weighted by Crippen LogP contribution is -2.47. The van der Waals surface area contributed by atoms with Crippen LogP contribution in [-0.4, -0.2) is 56.3 Å². The highest BCUT2D eigenvalue weighted by Gasteiger charge is 2.43. The van der Waals surface area contributed by atoms with Crippen LogP contribution in [0.15, 0.2) is 30.5 Å². The average molecular weight is 393 g/mol. The molecular weight excluding hydrogens is 367 g/mol. The molecule has 4 nitrogen and oxygen atoms in total. The first-order chi connectivity index (χ1) is 13.3. The van der Waals surface area contributed by atoms with Crippen molar-refractivity contribution in [3.8, 4) is 0 Å². The third-order valence-electron chi connectivity index (χ3n) is 6.45. The summed E-state index contributed by atoms with van der Waals surface area (Å²) >= 11 is 0. The third-order valence-corrected chi connectivity index (χ3v) is 6.45. The molecule has 4 atom stereocenters. The van der Waals surface area contributed by atoms with Crippen molar-refractivity contribution in [3.63, 3.8) is 0 Å². The first-order valence-corrected chi connectivity index (χ1v) is 9.68. The minimum Gasteiger partial charge on any atom is -0.380 e. The van der Waals surface area contributed by atoms with Gasteiger partial charge in [0.25, 0.3) is 0 Å². The highest BCUT2D eigenvalue weighted by atomic mass is 19.4. The lowest BCUT2D eigenvalue weighted by atomic mass is 9.77. The molecule has 0 amide bonds. The van der Waals surface area contributed by atoms with Crippen LogP contribution < -0.4 is 4.90 Å². The quantitative estimate of drug-likeness (QED) is 0.787. The van der Waals surface area contributed by atoms with E-state index < -0.39 is 11.7 Å². The second-order valence-corrected chi connectivity index (χ2v) is 8.23. The van der Waals surface area contributed by atoms with Crippen LogP contribution in [0.25, 0.3) is 10.9 Å². The maximum Gasteiger partial charge on any atom is 0.418 e. The van der Waals surface area contributed by atoms with Gasteiger partial charge in [-0.1, -0.05) is 12.1 Å². The van der Waals surface area contributed by atoms with Gasteiger partial charge in [-0.05, 0) is 50.9 Å². The molecule has 1 aliphatic carbocycles. The van der Waals surface area contributed by atoms with Crippen molar-refractivity contribution < 1.29 is 17.9 Å². The summed E-state index contributed by atoms with van der Waals surface area (Å²) in [5.41, 5.74) is 0.208. The van der Waals surface area contributed by atoms with Gasteiger partial charge in [-0.2, -0.15) is 13.2 Å². The Kier molecular flexibility index (Phi) is 5.00. The predicted molar refractivity (Wildman–Crippen MR) is 103 cm³/mol. The smallest absolute Gasteiger partial charge is 0.380 e. The van der Waals surface area contributed by atoms with E-state index in [0.717, 1.165) is 37.7 Å². The lowest BCUT2D eigenvalue weighted by molar-refractivity contribution is -0.136. The van der Waals surface area contributed by atoms with E-state index in [-0.39, 0.29) is 11.6 Å². The van der Waals surface area contributed by atoms with Gasteiger partial charge in [0.15, 0.2) is 0 Å². The Morgan fingerprint density at radius 1 is 1.11 bits per heavy atom. The van der Waals surface area contributed by atoms with Crippen LogP contribution in [0.4, 0.5) is 18.9 Å². The van der Waals surface area contributed by atoms with Gasteiger partial charge in [0.05, 0.1) is 17.2 Å². The van der Waals surface area contributed by atoms with Gasteiger partial charge in [-0.15, -0.1) is 0 Å². The summed E-state index contributed by atoms with van der Waals surface area (Å²) in [6, 6.07) is 6.54. The number of aromatic nitrogens is 1. The highest BCUT2D eigenvalue weighted by molar-refractivity contribution is 5.93. The lowest BCUT2D eigenvalue weighted by Gasteiger charge is -2.40. The van der Waals surface area contributed by atoms with E-state index in [0.29, 0.717) is 23.3 Å². The number of halogens is 3.